The summed E-state index contributed by atoms with van der Waals surface area (Å²) in [5.74, 6) is 0. The Morgan fingerprint density at radius 1 is 1.25 bits per heavy atom. The molecule has 1 fully saturated rings. The first-order valence-corrected chi connectivity index (χ1v) is 3.65. The van der Waals surface area contributed by atoms with E-state index < -0.39 is 29.8 Å². The van der Waals surface area contributed by atoms with Gasteiger partial charge in [0.25, 0.3) is 0 Å². The Balaban J connectivity index is 2.71. The molecular formula is C6H10B2O4. The molecule has 1 unspecified atom stereocenters. The fourth-order valence-electron chi connectivity index (χ4n) is 1.23. The molecule has 0 aromatic heterocycles. The summed E-state index contributed by atoms with van der Waals surface area (Å²) in [5.41, 5.74) is 0. The molecule has 0 saturated carbocycles. The van der Waals surface area contributed by atoms with Crippen molar-refractivity contribution in [3.8, 4) is 0 Å². The quantitative estimate of drug-likeness (QED) is 0.377. The maximum atomic E-state index is 9.27. The average molecular weight is 168 g/mol. The van der Waals surface area contributed by atoms with Gasteiger partial charge in [-0.15, -0.1) is 0 Å². The normalized spacial score (nSPS) is 43.3. The summed E-state index contributed by atoms with van der Waals surface area (Å²) in [5, 5.41) is 25.4. The van der Waals surface area contributed by atoms with Gasteiger partial charge < -0.3 is 20.1 Å². The Hall–Kier alpha value is -0.0301. The first kappa shape index (κ1) is 10.1. The molecule has 0 aromatic carbocycles. The predicted octanol–water partition coefficient (Wildman–Crippen LogP) is -2.52. The summed E-state index contributed by atoms with van der Waals surface area (Å²) in [4.78, 5) is 0. The van der Waals surface area contributed by atoms with Gasteiger partial charge in [0.1, 0.15) is 27.9 Å². The number of hydrogen-bond donors (Lipinski definition) is 3. The van der Waals surface area contributed by atoms with Crippen molar-refractivity contribution in [1.29, 1.82) is 0 Å². The lowest BCUT2D eigenvalue weighted by atomic mass is 9.61. The molecule has 0 amide bonds. The van der Waals surface area contributed by atoms with E-state index in [1.165, 1.54) is 0 Å². The van der Waals surface area contributed by atoms with E-state index in [2.05, 4.69) is 0 Å². The fraction of sp³-hybridized carbons (Fsp3) is 1.00. The second-order valence-corrected chi connectivity index (χ2v) is 3.13. The minimum absolute atomic E-state index is 0.580. The topological polar surface area (TPSA) is 69.9 Å². The summed E-state index contributed by atoms with van der Waals surface area (Å²) in [6, 6.07) is 0. The van der Waals surface area contributed by atoms with Crippen molar-refractivity contribution in [3.05, 3.63) is 0 Å². The highest BCUT2D eigenvalue weighted by atomic mass is 16.6. The van der Waals surface area contributed by atoms with Gasteiger partial charge in [-0.2, -0.15) is 0 Å². The Labute approximate surface area is 73.4 Å². The molecule has 3 N–H and O–H groups in total. The molecule has 0 aliphatic carbocycles. The van der Waals surface area contributed by atoms with Gasteiger partial charge >= 0.3 is 0 Å². The van der Waals surface area contributed by atoms with Crippen molar-refractivity contribution in [1.82, 2.24) is 0 Å². The molecule has 0 aromatic rings. The van der Waals surface area contributed by atoms with Gasteiger partial charge in [-0.1, -0.05) is 0 Å². The number of hydrogen-bond acceptors (Lipinski definition) is 4. The molecule has 4 nitrogen and oxygen atoms in total. The van der Waals surface area contributed by atoms with Crippen LogP contribution in [0.4, 0.5) is 0 Å². The lowest BCUT2D eigenvalue weighted by Gasteiger charge is -2.28. The highest BCUT2D eigenvalue weighted by Crippen LogP contribution is 2.25. The number of rotatable bonds is 1. The Kier molecular flexibility index (Phi) is 2.54. The minimum atomic E-state index is -2.12. The summed E-state index contributed by atoms with van der Waals surface area (Å²) in [7, 11) is 10.2. The van der Waals surface area contributed by atoms with Gasteiger partial charge in [0.15, 0.2) is 0 Å². The molecule has 4 radical (unpaired) electrons. The molecule has 12 heavy (non-hydrogen) atoms. The van der Waals surface area contributed by atoms with Crippen molar-refractivity contribution >= 4 is 15.7 Å². The monoisotopic (exact) mass is 168 g/mol. The SMILES string of the molecule is [B]C([B])(O)[C@H]1O[C@@H](C)C(O)[C@H]1O. The summed E-state index contributed by atoms with van der Waals surface area (Å²) in [6.45, 7) is 1.56. The molecule has 1 rings (SSSR count). The zero-order valence-corrected chi connectivity index (χ0v) is 6.71. The number of aliphatic hydroxyl groups is 3. The maximum absolute atomic E-state index is 9.27. The summed E-state index contributed by atoms with van der Waals surface area (Å²) < 4.78 is 4.95. The largest absolute Gasteiger partial charge is 0.406 e. The first-order chi connectivity index (χ1) is 5.34. The molecule has 0 bridgehead atoms. The molecule has 1 aliphatic rings. The molecule has 0 spiro atoms. The predicted molar refractivity (Wildman–Crippen MR) is 42.8 cm³/mol. The smallest absolute Gasteiger partial charge is 0.110 e. The lowest BCUT2D eigenvalue weighted by Crippen LogP contribution is -2.50. The van der Waals surface area contributed by atoms with Gasteiger partial charge in [-0.25, -0.2) is 0 Å². The second kappa shape index (κ2) is 3.03. The maximum Gasteiger partial charge on any atom is 0.110 e. The molecule has 1 heterocycles. The van der Waals surface area contributed by atoms with Crippen LogP contribution in [-0.2, 0) is 4.74 Å². The first-order valence-electron chi connectivity index (χ1n) is 3.65. The van der Waals surface area contributed by atoms with E-state index in [9.17, 15) is 10.2 Å². The Morgan fingerprint density at radius 3 is 1.92 bits per heavy atom. The van der Waals surface area contributed by atoms with Crippen molar-refractivity contribution in [2.24, 2.45) is 0 Å². The Bertz CT molecular complexity index is 169. The van der Waals surface area contributed by atoms with Gasteiger partial charge in [-0.05, 0) is 6.92 Å². The number of aliphatic hydroxyl groups excluding tert-OH is 2. The molecule has 6 heteroatoms. The molecule has 1 saturated heterocycles. The molecule has 1 aliphatic heterocycles. The van der Waals surface area contributed by atoms with Crippen LogP contribution >= 0.6 is 0 Å². The molecule has 64 valence electrons. The van der Waals surface area contributed by atoms with Crippen LogP contribution in [0.2, 0.25) is 0 Å². The van der Waals surface area contributed by atoms with E-state index in [1.54, 1.807) is 6.92 Å². The van der Waals surface area contributed by atoms with E-state index in [1.807, 2.05) is 0 Å². The molecular weight excluding hydrogens is 158 g/mol. The molecule has 4 atom stereocenters. The third kappa shape index (κ3) is 1.66. The van der Waals surface area contributed by atoms with Gasteiger partial charge in [0, 0.05) is 5.40 Å². The van der Waals surface area contributed by atoms with E-state index in [0.717, 1.165) is 0 Å². The third-order valence-electron chi connectivity index (χ3n) is 1.96. The second-order valence-electron chi connectivity index (χ2n) is 3.13. The van der Waals surface area contributed by atoms with Crippen LogP contribution < -0.4 is 0 Å². The van der Waals surface area contributed by atoms with E-state index >= 15 is 0 Å². The van der Waals surface area contributed by atoms with E-state index in [0.29, 0.717) is 0 Å². The van der Waals surface area contributed by atoms with Gasteiger partial charge in [0.2, 0.25) is 0 Å². The van der Waals surface area contributed by atoms with Gasteiger partial charge in [0.05, 0.1) is 12.2 Å². The van der Waals surface area contributed by atoms with Crippen LogP contribution in [0.15, 0.2) is 0 Å². The third-order valence-corrected chi connectivity index (χ3v) is 1.96. The van der Waals surface area contributed by atoms with Crippen LogP contribution in [0.1, 0.15) is 6.92 Å². The highest BCUT2D eigenvalue weighted by molar-refractivity contribution is 6.39. The average Bonchev–Trinajstić information content (AvgIpc) is 2.15. The standard InChI is InChI=1S/C6H10B2O4/c1-2-3(9)4(10)5(12-2)6(7,8)11/h2-5,9-11H,1H3/t2-,3?,4+,5-/m0/s1. The van der Waals surface area contributed by atoms with Crippen molar-refractivity contribution in [3.63, 3.8) is 0 Å². The van der Waals surface area contributed by atoms with Gasteiger partial charge in [-0.3, -0.25) is 0 Å². The minimum Gasteiger partial charge on any atom is -0.406 e. The lowest BCUT2D eigenvalue weighted by molar-refractivity contribution is -0.0495. The zero-order chi connectivity index (χ0) is 9.52. The van der Waals surface area contributed by atoms with Crippen molar-refractivity contribution < 1.29 is 20.1 Å². The zero-order valence-electron chi connectivity index (χ0n) is 6.71. The van der Waals surface area contributed by atoms with Crippen molar-refractivity contribution in [2.45, 2.75) is 36.7 Å². The van der Waals surface area contributed by atoms with Crippen LogP contribution in [0.5, 0.6) is 0 Å². The highest BCUT2D eigenvalue weighted by Gasteiger charge is 2.46. The van der Waals surface area contributed by atoms with Crippen molar-refractivity contribution in [2.75, 3.05) is 0 Å². The number of ether oxygens (including phenoxy) is 1. The van der Waals surface area contributed by atoms with E-state index in [-0.39, 0.29) is 0 Å². The summed E-state index contributed by atoms with van der Waals surface area (Å²) in [6.07, 6.45) is -4.04. The van der Waals surface area contributed by atoms with Crippen LogP contribution in [-0.4, -0.2) is 60.8 Å². The Morgan fingerprint density at radius 2 is 1.75 bits per heavy atom. The summed E-state index contributed by atoms with van der Waals surface area (Å²) >= 11 is 0. The van der Waals surface area contributed by atoms with E-state index in [4.69, 9.17) is 25.5 Å². The van der Waals surface area contributed by atoms with Crippen LogP contribution in [0, 0.1) is 0 Å². The van der Waals surface area contributed by atoms with Crippen LogP contribution in [0.3, 0.4) is 0 Å². The van der Waals surface area contributed by atoms with Crippen LogP contribution in [0.25, 0.3) is 0 Å². The fourth-order valence-corrected chi connectivity index (χ4v) is 1.23.